The van der Waals surface area contributed by atoms with Crippen LogP contribution in [0.1, 0.15) is 35.8 Å². The van der Waals surface area contributed by atoms with Gasteiger partial charge in [0.25, 0.3) is 5.91 Å². The molecule has 0 saturated carbocycles. The Morgan fingerprint density at radius 2 is 1.96 bits per heavy atom. The first-order valence-corrected chi connectivity index (χ1v) is 10.7. The van der Waals surface area contributed by atoms with Gasteiger partial charge in [0.15, 0.2) is 5.13 Å². The van der Waals surface area contributed by atoms with Crippen LogP contribution in [-0.2, 0) is 6.54 Å². The van der Waals surface area contributed by atoms with Gasteiger partial charge in [0.1, 0.15) is 0 Å². The largest absolute Gasteiger partial charge is 0.345 e. The molecule has 0 aliphatic carbocycles. The number of amides is 1. The molecule has 0 unspecified atom stereocenters. The van der Waals surface area contributed by atoms with Gasteiger partial charge in [0.2, 0.25) is 0 Å². The molecule has 7 heteroatoms. The summed E-state index contributed by atoms with van der Waals surface area (Å²) in [7, 11) is 0. The van der Waals surface area contributed by atoms with E-state index in [1.54, 1.807) is 23.7 Å². The zero-order valence-corrected chi connectivity index (χ0v) is 16.7. The molecular formula is C20H27N5OS. The minimum Gasteiger partial charge on any atom is -0.345 e. The average molecular weight is 386 g/mol. The molecule has 4 rings (SSSR count). The number of piperazine rings is 1. The van der Waals surface area contributed by atoms with Crippen LogP contribution < -0.4 is 4.90 Å². The quantitative estimate of drug-likeness (QED) is 0.810. The predicted octanol–water partition coefficient (Wildman–Crippen LogP) is 2.73. The van der Waals surface area contributed by atoms with E-state index in [9.17, 15) is 4.79 Å². The van der Waals surface area contributed by atoms with E-state index in [0.717, 1.165) is 43.8 Å². The monoisotopic (exact) mass is 385 g/mol. The summed E-state index contributed by atoms with van der Waals surface area (Å²) in [6.07, 6.45) is 5.93. The van der Waals surface area contributed by atoms with E-state index in [1.165, 1.54) is 31.6 Å². The summed E-state index contributed by atoms with van der Waals surface area (Å²) in [5, 5.41) is 3.28. The average Bonchev–Trinajstić information content (AvgIpc) is 3.18. The maximum Gasteiger partial charge on any atom is 0.255 e. The molecule has 1 amide bonds. The van der Waals surface area contributed by atoms with Crippen LogP contribution in [-0.4, -0.2) is 64.9 Å². The Labute approximate surface area is 164 Å². The second-order valence-electron chi connectivity index (χ2n) is 7.60. The van der Waals surface area contributed by atoms with Gasteiger partial charge in [0, 0.05) is 50.5 Å². The van der Waals surface area contributed by atoms with E-state index in [2.05, 4.69) is 27.1 Å². The molecule has 2 fully saturated rings. The normalized spacial score (nSPS) is 19.4. The third kappa shape index (κ3) is 4.47. The van der Waals surface area contributed by atoms with Crippen LogP contribution in [0.5, 0.6) is 0 Å². The van der Waals surface area contributed by atoms with Gasteiger partial charge in [-0.15, -0.1) is 11.3 Å². The van der Waals surface area contributed by atoms with E-state index >= 15 is 0 Å². The zero-order valence-electron chi connectivity index (χ0n) is 15.9. The molecule has 2 aliphatic rings. The minimum atomic E-state index is 0.0712. The number of likely N-dealkylation sites (tertiary alicyclic amines) is 1. The third-order valence-electron chi connectivity index (χ3n) is 5.55. The third-order valence-corrected chi connectivity index (χ3v) is 6.50. The number of hydrogen-bond donors (Lipinski definition) is 0. The SMILES string of the molecule is CC1CCN(Cc2csc(N3CCN(C(=O)c4cccnc4)CC3)n2)CC1. The van der Waals surface area contributed by atoms with Gasteiger partial charge >= 0.3 is 0 Å². The first kappa shape index (κ1) is 18.4. The Kier molecular flexibility index (Phi) is 5.69. The lowest BCUT2D eigenvalue weighted by molar-refractivity contribution is 0.0746. The Bertz CT molecular complexity index is 749. The lowest BCUT2D eigenvalue weighted by atomic mass is 9.99. The summed E-state index contributed by atoms with van der Waals surface area (Å²) in [5.74, 6) is 0.930. The topological polar surface area (TPSA) is 52.6 Å². The van der Waals surface area contributed by atoms with Crippen molar-refractivity contribution in [2.75, 3.05) is 44.2 Å². The zero-order chi connectivity index (χ0) is 18.6. The fraction of sp³-hybridized carbons (Fsp3) is 0.550. The van der Waals surface area contributed by atoms with Crippen molar-refractivity contribution in [2.24, 2.45) is 5.92 Å². The fourth-order valence-electron chi connectivity index (χ4n) is 3.74. The van der Waals surface area contributed by atoms with Crippen LogP contribution in [0.15, 0.2) is 29.9 Å². The highest BCUT2D eigenvalue weighted by Gasteiger charge is 2.24. The van der Waals surface area contributed by atoms with Crippen LogP contribution in [0.25, 0.3) is 0 Å². The number of pyridine rings is 1. The molecule has 27 heavy (non-hydrogen) atoms. The van der Waals surface area contributed by atoms with Crippen LogP contribution in [0.2, 0.25) is 0 Å². The Balaban J connectivity index is 1.30. The van der Waals surface area contributed by atoms with Gasteiger partial charge in [-0.25, -0.2) is 4.98 Å². The highest BCUT2D eigenvalue weighted by molar-refractivity contribution is 7.13. The molecule has 6 nitrogen and oxygen atoms in total. The molecule has 4 heterocycles. The molecule has 0 aromatic carbocycles. The lowest BCUT2D eigenvalue weighted by Crippen LogP contribution is -2.48. The molecule has 0 bridgehead atoms. The van der Waals surface area contributed by atoms with Gasteiger partial charge in [-0.2, -0.15) is 0 Å². The summed E-state index contributed by atoms with van der Waals surface area (Å²) in [5.41, 5.74) is 1.84. The molecule has 0 radical (unpaired) electrons. The second-order valence-corrected chi connectivity index (χ2v) is 8.44. The number of aromatic nitrogens is 2. The number of rotatable bonds is 4. The molecule has 2 saturated heterocycles. The van der Waals surface area contributed by atoms with Crippen LogP contribution in [0, 0.1) is 5.92 Å². The van der Waals surface area contributed by atoms with Crippen LogP contribution in [0.3, 0.4) is 0 Å². The number of thiazole rings is 1. The molecule has 0 N–H and O–H groups in total. The minimum absolute atomic E-state index is 0.0712. The van der Waals surface area contributed by atoms with Crippen molar-refractivity contribution in [3.63, 3.8) is 0 Å². The number of nitrogens with zero attached hydrogens (tertiary/aromatic N) is 5. The van der Waals surface area contributed by atoms with Crippen molar-refractivity contribution in [3.8, 4) is 0 Å². The first-order valence-electron chi connectivity index (χ1n) is 9.80. The summed E-state index contributed by atoms with van der Waals surface area (Å²) in [6.45, 7) is 8.80. The Hall–Kier alpha value is -1.99. The highest BCUT2D eigenvalue weighted by atomic mass is 32.1. The smallest absolute Gasteiger partial charge is 0.255 e. The Morgan fingerprint density at radius 3 is 2.67 bits per heavy atom. The fourth-order valence-corrected chi connectivity index (χ4v) is 4.61. The first-order chi connectivity index (χ1) is 13.2. The molecular weight excluding hydrogens is 358 g/mol. The maximum absolute atomic E-state index is 12.5. The molecule has 2 aromatic heterocycles. The van der Waals surface area contributed by atoms with E-state index < -0.39 is 0 Å². The van der Waals surface area contributed by atoms with Gasteiger partial charge in [0.05, 0.1) is 11.3 Å². The van der Waals surface area contributed by atoms with E-state index in [0.29, 0.717) is 5.56 Å². The van der Waals surface area contributed by atoms with Gasteiger partial charge in [-0.05, 0) is 44.0 Å². The molecule has 2 aromatic rings. The molecule has 0 spiro atoms. The van der Waals surface area contributed by atoms with Crippen molar-refractivity contribution in [3.05, 3.63) is 41.2 Å². The Morgan fingerprint density at radius 1 is 1.19 bits per heavy atom. The summed E-state index contributed by atoms with van der Waals surface area (Å²) in [4.78, 5) is 28.2. The van der Waals surface area contributed by atoms with Crippen LogP contribution in [0.4, 0.5) is 5.13 Å². The van der Waals surface area contributed by atoms with Crippen molar-refractivity contribution >= 4 is 22.4 Å². The summed E-state index contributed by atoms with van der Waals surface area (Å²) in [6, 6.07) is 3.64. The maximum atomic E-state index is 12.5. The number of anilines is 1. The summed E-state index contributed by atoms with van der Waals surface area (Å²) >= 11 is 1.73. The molecule has 0 atom stereocenters. The lowest BCUT2D eigenvalue weighted by Gasteiger charge is -2.34. The van der Waals surface area contributed by atoms with Gasteiger partial charge in [-0.1, -0.05) is 6.92 Å². The second kappa shape index (κ2) is 8.35. The van der Waals surface area contributed by atoms with Crippen molar-refractivity contribution in [1.82, 2.24) is 19.8 Å². The van der Waals surface area contributed by atoms with Crippen molar-refractivity contribution in [1.29, 1.82) is 0 Å². The van der Waals surface area contributed by atoms with E-state index in [4.69, 9.17) is 4.98 Å². The van der Waals surface area contributed by atoms with Crippen LogP contribution >= 0.6 is 11.3 Å². The number of hydrogen-bond acceptors (Lipinski definition) is 6. The number of carbonyl (C=O) groups excluding carboxylic acids is 1. The predicted molar refractivity (Wildman–Crippen MR) is 108 cm³/mol. The van der Waals surface area contributed by atoms with Crippen molar-refractivity contribution < 1.29 is 4.79 Å². The van der Waals surface area contributed by atoms with E-state index in [-0.39, 0.29) is 5.91 Å². The molecule has 2 aliphatic heterocycles. The molecule has 144 valence electrons. The standard InChI is InChI=1S/C20H27N5OS/c1-16-4-7-23(8-5-16)14-18-15-27-20(22-18)25-11-9-24(10-12-25)19(26)17-3-2-6-21-13-17/h2-3,6,13,15-16H,4-5,7-12,14H2,1H3. The van der Waals surface area contributed by atoms with Crippen molar-refractivity contribution in [2.45, 2.75) is 26.3 Å². The number of carbonyl (C=O) groups is 1. The van der Waals surface area contributed by atoms with Gasteiger partial charge < -0.3 is 9.80 Å². The number of piperidine rings is 1. The summed E-state index contributed by atoms with van der Waals surface area (Å²) < 4.78 is 0. The van der Waals surface area contributed by atoms with E-state index in [1.807, 2.05) is 17.0 Å². The van der Waals surface area contributed by atoms with Gasteiger partial charge in [-0.3, -0.25) is 14.7 Å². The highest BCUT2D eigenvalue weighted by Crippen LogP contribution is 2.24.